The second-order valence-electron chi connectivity index (χ2n) is 12.7. The van der Waals surface area contributed by atoms with Gasteiger partial charge in [0.05, 0.1) is 0 Å². The zero-order valence-corrected chi connectivity index (χ0v) is 30.6. The summed E-state index contributed by atoms with van der Waals surface area (Å²) >= 11 is 0. The van der Waals surface area contributed by atoms with E-state index >= 15 is 0 Å². The SMILES string of the molecule is CC.CN(c1ccc(-c2ccccc2)cc1)c1ccc(-c2ccc(N(c3cccc(-c4ccccc4)c3)c3cccc(-c4ccccc4)c3)cc2)cc1. The van der Waals surface area contributed by atoms with Crippen LogP contribution < -0.4 is 9.80 Å². The van der Waals surface area contributed by atoms with Gasteiger partial charge in [0.25, 0.3) is 0 Å². The summed E-state index contributed by atoms with van der Waals surface area (Å²) in [6, 6.07) is 75.8. The Morgan fingerprint density at radius 1 is 0.245 bits per heavy atom. The van der Waals surface area contributed by atoms with Gasteiger partial charge in [0, 0.05) is 35.5 Å². The van der Waals surface area contributed by atoms with Crippen LogP contribution in [0.4, 0.5) is 28.4 Å². The fourth-order valence-corrected chi connectivity index (χ4v) is 6.70. The van der Waals surface area contributed by atoms with Crippen LogP contribution in [0, 0.1) is 0 Å². The van der Waals surface area contributed by atoms with Gasteiger partial charge in [0.2, 0.25) is 0 Å². The topological polar surface area (TPSA) is 6.48 Å². The van der Waals surface area contributed by atoms with Gasteiger partial charge in [-0.1, -0.05) is 166 Å². The lowest BCUT2D eigenvalue weighted by atomic mass is 10.0. The first-order valence-electron chi connectivity index (χ1n) is 18.4. The molecule has 0 aliphatic carbocycles. The summed E-state index contributed by atoms with van der Waals surface area (Å²) in [5, 5.41) is 0. The number of benzene rings is 8. The summed E-state index contributed by atoms with van der Waals surface area (Å²) in [6.07, 6.45) is 0. The highest BCUT2D eigenvalue weighted by molar-refractivity contribution is 5.83. The lowest BCUT2D eigenvalue weighted by molar-refractivity contribution is 1.21. The van der Waals surface area contributed by atoms with Crippen LogP contribution in [0.2, 0.25) is 0 Å². The summed E-state index contributed by atoms with van der Waals surface area (Å²) < 4.78 is 0. The van der Waals surface area contributed by atoms with E-state index in [9.17, 15) is 0 Å². The Hall–Kier alpha value is -6.64. The molecule has 8 rings (SSSR count). The highest BCUT2D eigenvalue weighted by Crippen LogP contribution is 2.39. The summed E-state index contributed by atoms with van der Waals surface area (Å²) in [5.41, 5.74) is 15.2. The quantitative estimate of drug-likeness (QED) is 0.149. The maximum absolute atomic E-state index is 2.35. The lowest BCUT2D eigenvalue weighted by Gasteiger charge is -2.27. The van der Waals surface area contributed by atoms with Crippen molar-refractivity contribution in [3.63, 3.8) is 0 Å². The van der Waals surface area contributed by atoms with E-state index in [1.165, 1.54) is 44.5 Å². The van der Waals surface area contributed by atoms with Gasteiger partial charge in [-0.3, -0.25) is 0 Å². The van der Waals surface area contributed by atoms with Gasteiger partial charge < -0.3 is 9.80 Å². The van der Waals surface area contributed by atoms with Gasteiger partial charge in [-0.15, -0.1) is 0 Å². The van der Waals surface area contributed by atoms with Crippen molar-refractivity contribution in [3.8, 4) is 44.5 Å². The first-order valence-corrected chi connectivity index (χ1v) is 18.4. The fourth-order valence-electron chi connectivity index (χ4n) is 6.70. The molecule has 2 heteroatoms. The van der Waals surface area contributed by atoms with Crippen LogP contribution in [0.5, 0.6) is 0 Å². The van der Waals surface area contributed by atoms with Crippen LogP contribution in [0.3, 0.4) is 0 Å². The average molecular weight is 685 g/mol. The standard InChI is InChI=1S/C49H38N2.C2H6/c1-50(45-29-23-40(24-30-45)37-13-5-2-6-14-37)46-31-25-41(26-32-46)42-27-33-47(34-28-42)51(48-21-11-19-43(35-48)38-15-7-3-8-16-38)49-22-12-20-44(36-49)39-17-9-4-10-18-39;1-2/h2-36H,1H3;1-2H3. The van der Waals surface area contributed by atoms with Gasteiger partial charge >= 0.3 is 0 Å². The molecule has 0 aliphatic heterocycles. The molecule has 0 bridgehead atoms. The van der Waals surface area contributed by atoms with Crippen LogP contribution in [-0.4, -0.2) is 7.05 Å². The molecule has 0 spiro atoms. The molecule has 8 aromatic rings. The van der Waals surface area contributed by atoms with E-state index in [2.05, 4.69) is 229 Å². The Bertz CT molecular complexity index is 2250. The van der Waals surface area contributed by atoms with Crippen molar-refractivity contribution in [2.24, 2.45) is 0 Å². The number of hydrogen-bond donors (Lipinski definition) is 0. The van der Waals surface area contributed by atoms with Gasteiger partial charge in [0.15, 0.2) is 0 Å². The predicted octanol–water partition coefficient (Wildman–Crippen LogP) is 14.6. The number of rotatable bonds is 9. The van der Waals surface area contributed by atoms with Crippen LogP contribution in [0.25, 0.3) is 44.5 Å². The van der Waals surface area contributed by atoms with Crippen molar-refractivity contribution in [3.05, 3.63) is 212 Å². The summed E-state index contributed by atoms with van der Waals surface area (Å²) in [6.45, 7) is 4.00. The van der Waals surface area contributed by atoms with Crippen molar-refractivity contribution in [1.82, 2.24) is 0 Å². The Kier molecular flexibility index (Phi) is 10.9. The van der Waals surface area contributed by atoms with Gasteiger partial charge in [-0.25, -0.2) is 0 Å². The van der Waals surface area contributed by atoms with E-state index in [1.54, 1.807) is 0 Å². The van der Waals surface area contributed by atoms with E-state index in [0.29, 0.717) is 0 Å². The monoisotopic (exact) mass is 684 g/mol. The molecule has 0 amide bonds. The fraction of sp³-hybridized carbons (Fsp3) is 0.0588. The van der Waals surface area contributed by atoms with E-state index in [4.69, 9.17) is 0 Å². The van der Waals surface area contributed by atoms with Crippen molar-refractivity contribution < 1.29 is 0 Å². The third-order valence-corrected chi connectivity index (χ3v) is 9.50. The van der Waals surface area contributed by atoms with Crippen LogP contribution in [0.15, 0.2) is 212 Å². The molecule has 8 aromatic carbocycles. The number of hydrogen-bond acceptors (Lipinski definition) is 2. The zero-order chi connectivity index (χ0) is 36.4. The minimum Gasteiger partial charge on any atom is -0.345 e. The van der Waals surface area contributed by atoms with Crippen molar-refractivity contribution >= 4 is 28.4 Å². The minimum atomic E-state index is 1.10. The second kappa shape index (κ2) is 16.6. The molecule has 2 nitrogen and oxygen atoms in total. The number of nitrogens with zero attached hydrogens (tertiary/aromatic N) is 2. The second-order valence-corrected chi connectivity index (χ2v) is 12.7. The van der Waals surface area contributed by atoms with Gasteiger partial charge in [-0.05, 0) is 105 Å². The maximum Gasteiger partial charge on any atom is 0.0467 e. The molecule has 0 N–H and O–H groups in total. The molecule has 53 heavy (non-hydrogen) atoms. The Balaban J connectivity index is 0.00000214. The Labute approximate surface area is 314 Å². The predicted molar refractivity (Wildman–Crippen MR) is 229 cm³/mol. The summed E-state index contributed by atoms with van der Waals surface area (Å²) in [5.74, 6) is 0. The Morgan fingerprint density at radius 2 is 0.528 bits per heavy atom. The smallest absolute Gasteiger partial charge is 0.0467 e. The maximum atomic E-state index is 2.35. The number of anilines is 5. The summed E-state index contributed by atoms with van der Waals surface area (Å²) in [7, 11) is 2.12. The van der Waals surface area contributed by atoms with Gasteiger partial charge in [0.1, 0.15) is 0 Å². The van der Waals surface area contributed by atoms with Crippen molar-refractivity contribution in [2.75, 3.05) is 16.8 Å². The van der Waals surface area contributed by atoms with E-state index in [0.717, 1.165) is 28.4 Å². The average Bonchev–Trinajstić information content (AvgIpc) is 3.26. The van der Waals surface area contributed by atoms with Gasteiger partial charge in [-0.2, -0.15) is 0 Å². The van der Waals surface area contributed by atoms with Crippen molar-refractivity contribution in [1.29, 1.82) is 0 Å². The lowest BCUT2D eigenvalue weighted by Crippen LogP contribution is -2.10. The molecule has 0 saturated heterocycles. The van der Waals surface area contributed by atoms with Crippen LogP contribution in [0.1, 0.15) is 13.8 Å². The molecule has 0 atom stereocenters. The molecule has 258 valence electrons. The third-order valence-electron chi connectivity index (χ3n) is 9.50. The normalized spacial score (nSPS) is 10.5. The minimum absolute atomic E-state index is 1.10. The Morgan fingerprint density at radius 3 is 0.887 bits per heavy atom. The molecule has 0 heterocycles. The highest BCUT2D eigenvalue weighted by atomic mass is 15.1. The first-order chi connectivity index (χ1) is 26.2. The zero-order valence-electron chi connectivity index (χ0n) is 30.6. The molecule has 0 fully saturated rings. The van der Waals surface area contributed by atoms with Crippen molar-refractivity contribution in [2.45, 2.75) is 13.8 Å². The molecule has 0 unspecified atom stereocenters. The van der Waals surface area contributed by atoms with E-state index in [1.807, 2.05) is 13.8 Å². The van der Waals surface area contributed by atoms with Crippen LogP contribution >= 0.6 is 0 Å². The molecular formula is C51H44N2. The van der Waals surface area contributed by atoms with E-state index < -0.39 is 0 Å². The molecule has 0 aliphatic rings. The molecular weight excluding hydrogens is 641 g/mol. The van der Waals surface area contributed by atoms with E-state index in [-0.39, 0.29) is 0 Å². The molecule has 0 aromatic heterocycles. The largest absolute Gasteiger partial charge is 0.345 e. The first kappa shape index (κ1) is 34.8. The highest BCUT2D eigenvalue weighted by Gasteiger charge is 2.15. The summed E-state index contributed by atoms with van der Waals surface area (Å²) in [4.78, 5) is 4.58. The van der Waals surface area contributed by atoms with Crippen LogP contribution in [-0.2, 0) is 0 Å². The molecule has 0 saturated carbocycles. The third kappa shape index (κ3) is 7.98. The molecule has 0 radical (unpaired) electrons.